The van der Waals surface area contributed by atoms with E-state index in [4.69, 9.17) is 9.30 Å². The van der Waals surface area contributed by atoms with E-state index >= 15 is 8.22 Å². The Balaban J connectivity index is 0.0000230. The van der Waals surface area contributed by atoms with Crippen LogP contribution < -0.4 is 18.9 Å². The summed E-state index contributed by atoms with van der Waals surface area (Å²) in [6.45, 7) is 63.1. The average Bonchev–Trinajstić information content (AvgIpc) is 2.72. The molecule has 1 aliphatic heterocycles. The molecular formula is C36H84F2LiN4Si6-. The monoisotopic (exact) mass is 786 g/mol. The number of rotatable bonds is 6. The quantitative estimate of drug-likeness (QED) is 0.199. The number of hydrogen-bond acceptors (Lipinski definition) is 2. The molecule has 1 fully saturated rings. The molecular weight excluding hydrogens is 702 g/mol. The van der Waals surface area contributed by atoms with E-state index < -0.39 is 50.7 Å². The molecule has 0 aromatic heterocycles. The van der Waals surface area contributed by atoms with Gasteiger partial charge in [-0.2, -0.15) is 0 Å². The maximum atomic E-state index is 20.2. The van der Waals surface area contributed by atoms with Crippen molar-refractivity contribution < 1.29 is 27.1 Å². The summed E-state index contributed by atoms with van der Waals surface area (Å²) in [5.74, 6) is 0. The summed E-state index contributed by atoms with van der Waals surface area (Å²) in [4.78, 5) is 0. The van der Waals surface area contributed by atoms with Crippen LogP contribution in [0, 0.1) is 0 Å². The van der Waals surface area contributed by atoms with E-state index in [1.807, 2.05) is 7.79 Å². The van der Waals surface area contributed by atoms with Crippen molar-refractivity contribution in [2.24, 2.45) is 0 Å². The van der Waals surface area contributed by atoms with Crippen LogP contribution in [0.15, 0.2) is 0 Å². The molecule has 0 radical (unpaired) electrons. The molecule has 0 atom stereocenters. The zero-order valence-corrected chi connectivity index (χ0v) is 44.5. The maximum absolute atomic E-state index is 20.2. The van der Waals surface area contributed by atoms with Gasteiger partial charge in [-0.05, 0) is 36.6 Å². The maximum Gasteiger partial charge on any atom is 1.00 e. The van der Waals surface area contributed by atoms with Crippen molar-refractivity contribution in [2.45, 2.75) is 233 Å². The van der Waals surface area contributed by atoms with Gasteiger partial charge in [0, 0.05) is 0 Å². The third-order valence-electron chi connectivity index (χ3n) is 14.4. The predicted octanol–water partition coefficient (Wildman–Crippen LogP) is 11.9. The Morgan fingerprint density at radius 3 is 0.592 bits per heavy atom. The summed E-state index contributed by atoms with van der Waals surface area (Å²) in [6.07, 6.45) is 0. The average molecular weight is 787 g/mol. The van der Waals surface area contributed by atoms with Gasteiger partial charge in [-0.25, -0.2) is 0 Å². The second kappa shape index (κ2) is 13.4. The Morgan fingerprint density at radius 2 is 0.490 bits per heavy atom. The largest absolute Gasteiger partial charge is 1.00 e. The summed E-state index contributed by atoms with van der Waals surface area (Å²) in [5.41, 5.74) is 0. The number of nitrogens with zero attached hydrogens (tertiary/aromatic N) is 4. The molecule has 0 aromatic carbocycles. The molecule has 1 heterocycles. The fraction of sp³-hybridized carbons (Fsp3) is 1.00. The van der Waals surface area contributed by atoms with Crippen LogP contribution in [-0.4, -0.2) is 58.5 Å². The van der Waals surface area contributed by atoms with Crippen molar-refractivity contribution in [2.75, 3.05) is 0 Å². The van der Waals surface area contributed by atoms with Crippen LogP contribution in [0.3, 0.4) is 0 Å². The molecule has 0 bridgehead atoms. The minimum atomic E-state index is -4.58. The normalized spacial score (nSPS) is 24.1. The van der Waals surface area contributed by atoms with Crippen LogP contribution in [0.2, 0.25) is 66.5 Å². The van der Waals surface area contributed by atoms with E-state index in [0.29, 0.717) is 0 Å². The van der Waals surface area contributed by atoms with Crippen LogP contribution in [-0.2, 0) is 0 Å². The number of halogens is 2. The van der Waals surface area contributed by atoms with Gasteiger partial charge in [0.15, 0.2) is 0 Å². The van der Waals surface area contributed by atoms with Crippen molar-refractivity contribution in [3.05, 3.63) is 9.30 Å². The van der Waals surface area contributed by atoms with Crippen LogP contribution in [0.25, 0.3) is 9.30 Å². The topological polar surface area (TPSA) is 34.7 Å². The molecule has 288 valence electrons. The standard InChI is InChI=1S/C36H84F2N4Si6.Li/c1-29(2,3)43(25,30(4,5)6)39-47(37)41(45(27,33(13,14)15)34(16,17)18)48(38,40-44(26,31(7,8)9)32(10,11)12)42(47)46(28,35(19,20)21)36(22,23)24;/h1-28H3;/q-2;+1. The van der Waals surface area contributed by atoms with Crippen LogP contribution >= 0.6 is 0 Å². The molecule has 0 spiro atoms. The van der Waals surface area contributed by atoms with Crippen LogP contribution in [0.1, 0.15) is 166 Å². The third-order valence-corrected chi connectivity index (χ3v) is 59.9. The zero-order valence-electron chi connectivity index (χ0n) is 38.5. The summed E-state index contributed by atoms with van der Waals surface area (Å²) in [6, 6.07) is 0. The molecule has 0 aromatic rings. The molecule has 1 saturated heterocycles. The summed E-state index contributed by atoms with van der Waals surface area (Å²) >= 11 is 0. The molecule has 0 N–H and O–H groups in total. The molecule has 1 rings (SSSR count). The molecule has 13 heteroatoms. The molecule has 0 unspecified atom stereocenters. The van der Waals surface area contributed by atoms with Crippen molar-refractivity contribution in [1.29, 1.82) is 0 Å². The Hall–Kier alpha value is 1.60. The van der Waals surface area contributed by atoms with E-state index in [0.717, 1.165) is 0 Å². The van der Waals surface area contributed by atoms with Crippen molar-refractivity contribution in [1.82, 2.24) is 7.79 Å². The molecule has 0 aliphatic carbocycles. The Morgan fingerprint density at radius 1 is 0.347 bits per heavy atom. The molecule has 1 aliphatic rings. The fourth-order valence-corrected chi connectivity index (χ4v) is 59.7. The van der Waals surface area contributed by atoms with E-state index in [1.54, 1.807) is 0 Å². The van der Waals surface area contributed by atoms with E-state index in [2.05, 4.69) is 192 Å². The van der Waals surface area contributed by atoms with E-state index in [1.165, 1.54) is 0 Å². The third kappa shape index (κ3) is 7.60. The van der Waals surface area contributed by atoms with Crippen molar-refractivity contribution in [3.63, 3.8) is 0 Å². The first-order valence-corrected chi connectivity index (χ1v) is 31.8. The van der Waals surface area contributed by atoms with Crippen LogP contribution in [0.4, 0.5) is 8.22 Å². The SMILES string of the molecule is CC(C)(C)[Si](C)([N-][Si]1(F)N([Si](C)(C(C)(C)C)C(C)(C)C)[Si](F)([N-][Si](C)(C(C)(C)C)C(C)(C)C)N1[Si](C)(C(C)(C)C)C(C)(C)C)C(C)(C)C.[Li+]. The smallest absolute Gasteiger partial charge is 0.614 e. The zero-order chi connectivity index (χ0) is 39.6. The van der Waals surface area contributed by atoms with Gasteiger partial charge in [-0.3, -0.25) is 8.22 Å². The van der Waals surface area contributed by atoms with Crippen LogP contribution in [0.5, 0.6) is 0 Å². The minimum absolute atomic E-state index is 0. The van der Waals surface area contributed by atoms with E-state index in [9.17, 15) is 0 Å². The fourth-order valence-electron chi connectivity index (χ4n) is 8.94. The van der Waals surface area contributed by atoms with Gasteiger partial charge in [0.25, 0.3) is 17.8 Å². The Kier molecular flexibility index (Phi) is 13.8. The summed E-state index contributed by atoms with van der Waals surface area (Å²) in [5, 5.41) is -2.25. The molecule has 4 nitrogen and oxygen atoms in total. The van der Waals surface area contributed by atoms with Crippen molar-refractivity contribution in [3.8, 4) is 0 Å². The van der Waals surface area contributed by atoms with Gasteiger partial charge in [0.2, 0.25) is 0 Å². The number of hydrogen-bond donors (Lipinski definition) is 0. The second-order valence-electron chi connectivity index (χ2n) is 24.3. The first-order chi connectivity index (χ1) is 20.1. The van der Waals surface area contributed by atoms with Crippen molar-refractivity contribution >= 4 is 50.7 Å². The van der Waals surface area contributed by atoms with Gasteiger partial charge in [-0.1, -0.05) is 213 Å². The van der Waals surface area contributed by atoms with Gasteiger partial charge in [0.05, 0.1) is 0 Å². The van der Waals surface area contributed by atoms with Gasteiger partial charge in [0.1, 0.15) is 16.5 Å². The molecule has 0 amide bonds. The summed E-state index contributed by atoms with van der Waals surface area (Å²) < 4.78 is 56.3. The summed E-state index contributed by atoms with van der Waals surface area (Å²) in [7, 11) is -21.0. The second-order valence-corrected chi connectivity index (χ2v) is 54.2. The van der Waals surface area contributed by atoms with Gasteiger partial charge in [-0.15, -0.1) is 0 Å². The Bertz CT molecular complexity index is 1020. The Labute approximate surface area is 325 Å². The first-order valence-electron chi connectivity index (χ1n) is 18.6. The van der Waals surface area contributed by atoms with Gasteiger partial charge < -0.3 is 17.1 Å². The minimum Gasteiger partial charge on any atom is -0.614 e. The molecule has 49 heavy (non-hydrogen) atoms. The molecule has 0 saturated carbocycles. The van der Waals surface area contributed by atoms with Gasteiger partial charge >= 0.3 is 18.9 Å². The van der Waals surface area contributed by atoms with E-state index in [-0.39, 0.29) is 59.2 Å². The first kappa shape index (κ1) is 50.6. The predicted molar refractivity (Wildman–Crippen MR) is 228 cm³/mol.